The molecule has 0 aromatic rings. The van der Waals surface area contributed by atoms with Crippen molar-refractivity contribution in [1.82, 2.24) is 10.2 Å². The number of carbonyl (C=O) groups excluding carboxylic acids is 2. The van der Waals surface area contributed by atoms with Crippen molar-refractivity contribution in [1.29, 1.82) is 0 Å². The molecule has 0 unspecified atom stereocenters. The summed E-state index contributed by atoms with van der Waals surface area (Å²) in [6, 6.07) is -0.703. The number of ether oxygens (including phenoxy) is 1. The zero-order chi connectivity index (χ0) is 15.6. The number of amides is 2. The highest BCUT2D eigenvalue weighted by atomic mass is 19.4. The first-order valence-corrected chi connectivity index (χ1v) is 6.34. The molecule has 2 amide bonds. The Morgan fingerprint density at radius 2 is 1.85 bits per heavy atom. The summed E-state index contributed by atoms with van der Waals surface area (Å²) in [5.41, 5.74) is -0.667. The fourth-order valence-electron chi connectivity index (χ4n) is 1.85. The number of hydrogen-bond acceptors (Lipinski definition) is 3. The predicted molar refractivity (Wildman–Crippen MR) is 65.0 cm³/mol. The average molecular weight is 296 g/mol. The number of carbonyl (C=O) groups is 2. The second-order valence-electron chi connectivity index (χ2n) is 5.74. The molecule has 1 atom stereocenters. The van der Waals surface area contributed by atoms with Crippen LogP contribution in [0.3, 0.4) is 0 Å². The van der Waals surface area contributed by atoms with Crippen LogP contribution in [0.2, 0.25) is 0 Å². The van der Waals surface area contributed by atoms with Crippen molar-refractivity contribution in [3.8, 4) is 0 Å². The van der Waals surface area contributed by atoms with Crippen LogP contribution in [0, 0.1) is 0 Å². The van der Waals surface area contributed by atoms with Crippen molar-refractivity contribution < 1.29 is 27.5 Å². The lowest BCUT2D eigenvalue weighted by molar-refractivity contribution is -0.174. The van der Waals surface area contributed by atoms with E-state index in [1.807, 2.05) is 5.32 Å². The van der Waals surface area contributed by atoms with Gasteiger partial charge in [-0.05, 0) is 33.6 Å². The number of halogens is 3. The Morgan fingerprint density at radius 1 is 1.25 bits per heavy atom. The quantitative estimate of drug-likeness (QED) is 0.806. The summed E-state index contributed by atoms with van der Waals surface area (Å²) in [6.45, 7) is 5.55. The normalized spacial score (nSPS) is 20.5. The number of hydrogen-bond donors (Lipinski definition) is 1. The molecule has 0 radical (unpaired) electrons. The summed E-state index contributed by atoms with van der Waals surface area (Å²) in [5, 5.41) is 1.89. The first kappa shape index (κ1) is 16.6. The van der Waals surface area contributed by atoms with Crippen LogP contribution in [-0.2, 0) is 9.53 Å². The molecule has 0 saturated carbocycles. The number of rotatable bonds is 1. The molecular weight excluding hydrogens is 277 g/mol. The smallest absolute Gasteiger partial charge is 0.444 e. The largest absolute Gasteiger partial charge is 0.471 e. The molecule has 0 aromatic carbocycles. The number of likely N-dealkylation sites (tertiary alicyclic amines) is 1. The Morgan fingerprint density at radius 3 is 2.35 bits per heavy atom. The van der Waals surface area contributed by atoms with Crippen LogP contribution in [0.5, 0.6) is 0 Å². The number of piperidine rings is 1. The van der Waals surface area contributed by atoms with Gasteiger partial charge in [-0.2, -0.15) is 13.2 Å². The first-order valence-electron chi connectivity index (χ1n) is 6.34. The fraction of sp³-hybridized carbons (Fsp3) is 0.833. The average Bonchev–Trinajstić information content (AvgIpc) is 2.25. The monoisotopic (exact) mass is 296 g/mol. The third-order valence-electron chi connectivity index (χ3n) is 2.67. The van der Waals surface area contributed by atoms with Gasteiger partial charge >= 0.3 is 18.2 Å². The van der Waals surface area contributed by atoms with Crippen LogP contribution in [0.15, 0.2) is 0 Å². The lowest BCUT2D eigenvalue weighted by Crippen LogP contribution is -2.53. The minimum Gasteiger partial charge on any atom is -0.444 e. The Hall–Kier alpha value is -1.47. The molecule has 1 aliphatic heterocycles. The van der Waals surface area contributed by atoms with Crippen LogP contribution in [0.25, 0.3) is 0 Å². The lowest BCUT2D eigenvalue weighted by Gasteiger charge is -2.34. The fourth-order valence-corrected chi connectivity index (χ4v) is 1.85. The van der Waals surface area contributed by atoms with E-state index in [-0.39, 0.29) is 6.54 Å². The standard InChI is InChI=1S/C12H19F3N2O3/c1-11(2,3)20-10(19)17-6-4-5-8(7-17)16-9(18)12(13,14)15/h8H,4-7H2,1-3H3,(H,16,18)/t8-/m1/s1. The molecule has 1 fully saturated rings. The maximum Gasteiger partial charge on any atom is 0.471 e. The molecule has 5 nitrogen and oxygen atoms in total. The van der Waals surface area contributed by atoms with Gasteiger partial charge in [-0.15, -0.1) is 0 Å². The first-order chi connectivity index (χ1) is 8.99. The van der Waals surface area contributed by atoms with E-state index in [1.54, 1.807) is 20.8 Å². The van der Waals surface area contributed by atoms with Gasteiger partial charge in [0, 0.05) is 19.1 Å². The van der Waals surface area contributed by atoms with Crippen LogP contribution in [-0.4, -0.2) is 47.8 Å². The SMILES string of the molecule is CC(C)(C)OC(=O)N1CCC[C@@H](NC(=O)C(F)(F)F)C1. The molecule has 0 spiro atoms. The van der Waals surface area contributed by atoms with Crippen LogP contribution < -0.4 is 5.32 Å². The van der Waals surface area contributed by atoms with Crippen LogP contribution >= 0.6 is 0 Å². The maximum absolute atomic E-state index is 12.2. The number of nitrogens with one attached hydrogen (secondary N) is 1. The molecule has 1 heterocycles. The Kier molecular flexibility index (Phi) is 4.88. The van der Waals surface area contributed by atoms with Gasteiger partial charge in [0.15, 0.2) is 0 Å². The maximum atomic E-state index is 12.2. The molecule has 1 saturated heterocycles. The molecule has 8 heteroatoms. The van der Waals surface area contributed by atoms with Gasteiger partial charge in [0.2, 0.25) is 0 Å². The van der Waals surface area contributed by atoms with Crippen LogP contribution in [0.1, 0.15) is 33.6 Å². The van der Waals surface area contributed by atoms with E-state index < -0.39 is 29.8 Å². The van der Waals surface area contributed by atoms with Gasteiger partial charge in [0.25, 0.3) is 0 Å². The van der Waals surface area contributed by atoms with E-state index in [4.69, 9.17) is 4.74 Å². The topological polar surface area (TPSA) is 58.6 Å². The second-order valence-corrected chi connectivity index (χ2v) is 5.74. The van der Waals surface area contributed by atoms with Crippen molar-refractivity contribution in [2.24, 2.45) is 0 Å². The third-order valence-corrected chi connectivity index (χ3v) is 2.67. The molecule has 0 bridgehead atoms. The van der Waals surface area contributed by atoms with Crippen LogP contribution in [0.4, 0.5) is 18.0 Å². The van der Waals surface area contributed by atoms with Crippen molar-refractivity contribution in [2.45, 2.75) is 51.4 Å². The zero-order valence-electron chi connectivity index (χ0n) is 11.7. The molecule has 116 valence electrons. The summed E-state index contributed by atoms with van der Waals surface area (Å²) in [4.78, 5) is 24.0. The number of nitrogens with zero attached hydrogens (tertiary/aromatic N) is 1. The molecule has 1 rings (SSSR count). The molecule has 0 aromatic heterocycles. The van der Waals surface area contributed by atoms with Crippen molar-refractivity contribution >= 4 is 12.0 Å². The van der Waals surface area contributed by atoms with Crippen molar-refractivity contribution in [3.05, 3.63) is 0 Å². The minimum atomic E-state index is -4.91. The summed E-state index contributed by atoms with van der Waals surface area (Å²) in [7, 11) is 0. The highest BCUT2D eigenvalue weighted by molar-refractivity contribution is 5.82. The summed E-state index contributed by atoms with van der Waals surface area (Å²) < 4.78 is 41.6. The Bertz CT molecular complexity index is 377. The van der Waals surface area contributed by atoms with E-state index in [1.165, 1.54) is 4.90 Å². The highest BCUT2D eigenvalue weighted by Crippen LogP contribution is 2.18. The molecule has 1 aliphatic rings. The van der Waals surface area contributed by atoms with Gasteiger partial charge in [-0.3, -0.25) is 4.79 Å². The van der Waals surface area contributed by atoms with Gasteiger partial charge in [-0.25, -0.2) is 4.79 Å². The summed E-state index contributed by atoms with van der Waals surface area (Å²) >= 11 is 0. The summed E-state index contributed by atoms with van der Waals surface area (Å²) in [5.74, 6) is -1.98. The van der Waals surface area contributed by atoms with Crippen molar-refractivity contribution in [2.75, 3.05) is 13.1 Å². The Balaban J connectivity index is 2.55. The van der Waals surface area contributed by atoms with E-state index in [0.717, 1.165) is 0 Å². The number of alkyl halides is 3. The highest BCUT2D eigenvalue weighted by Gasteiger charge is 2.40. The minimum absolute atomic E-state index is 0.0245. The summed E-state index contributed by atoms with van der Waals surface area (Å²) in [6.07, 6.45) is -4.57. The molecule has 20 heavy (non-hydrogen) atoms. The third kappa shape index (κ3) is 5.26. The van der Waals surface area contributed by atoms with Gasteiger partial charge < -0.3 is 15.0 Å². The predicted octanol–water partition coefficient (Wildman–Crippen LogP) is 2.06. The van der Waals surface area contributed by atoms with E-state index in [0.29, 0.717) is 19.4 Å². The van der Waals surface area contributed by atoms with Gasteiger partial charge in [0.1, 0.15) is 5.60 Å². The molecule has 0 aliphatic carbocycles. The van der Waals surface area contributed by atoms with E-state index in [9.17, 15) is 22.8 Å². The van der Waals surface area contributed by atoms with E-state index >= 15 is 0 Å². The molecular formula is C12H19F3N2O3. The zero-order valence-corrected chi connectivity index (χ0v) is 11.7. The Labute approximate surface area is 115 Å². The lowest BCUT2D eigenvalue weighted by atomic mass is 10.1. The molecule has 1 N–H and O–H groups in total. The second kappa shape index (κ2) is 5.88. The van der Waals surface area contributed by atoms with Gasteiger partial charge in [0.05, 0.1) is 0 Å². The van der Waals surface area contributed by atoms with E-state index in [2.05, 4.69) is 0 Å². The van der Waals surface area contributed by atoms with Crippen molar-refractivity contribution in [3.63, 3.8) is 0 Å². The van der Waals surface area contributed by atoms with Gasteiger partial charge in [-0.1, -0.05) is 0 Å².